The van der Waals surface area contributed by atoms with Gasteiger partial charge in [-0.25, -0.2) is 14.2 Å². The highest BCUT2D eigenvalue weighted by Crippen LogP contribution is 2.06. The summed E-state index contributed by atoms with van der Waals surface area (Å²) in [5, 5.41) is 3.60. The molecule has 0 saturated carbocycles. The average molecular weight is 261 g/mol. The molecule has 0 unspecified atom stereocenters. The molecule has 0 saturated heterocycles. The first-order valence-corrected chi connectivity index (χ1v) is 5.35. The summed E-state index contributed by atoms with van der Waals surface area (Å²) in [7, 11) is 0. The molecule has 0 fully saturated rings. The third kappa shape index (κ3) is 3.41. The number of hydrogen-bond donors (Lipinski definition) is 1. The second-order valence-corrected chi connectivity index (χ2v) is 3.60. The van der Waals surface area contributed by atoms with E-state index in [0.29, 0.717) is 5.56 Å². The molecule has 0 aliphatic carbocycles. The molecule has 0 aliphatic heterocycles. The highest BCUT2D eigenvalue weighted by Gasteiger charge is 2.03. The van der Waals surface area contributed by atoms with Crippen molar-refractivity contribution < 1.29 is 13.6 Å². The van der Waals surface area contributed by atoms with E-state index in [4.69, 9.17) is 0 Å². The lowest BCUT2D eigenvalue weighted by molar-refractivity contribution is 0.0955. The largest absolute Gasteiger partial charge is 0.271 e. The summed E-state index contributed by atoms with van der Waals surface area (Å²) in [5.74, 6) is -1.86. The lowest BCUT2D eigenvalue weighted by Gasteiger charge is -1.99. The lowest BCUT2D eigenvalue weighted by atomic mass is 10.2. The highest BCUT2D eigenvalue weighted by molar-refractivity contribution is 5.94. The van der Waals surface area contributed by atoms with Gasteiger partial charge in [-0.15, -0.1) is 0 Å². The van der Waals surface area contributed by atoms with Gasteiger partial charge >= 0.3 is 0 Å². The van der Waals surface area contributed by atoms with Crippen LogP contribution in [0.2, 0.25) is 0 Å². The summed E-state index contributed by atoms with van der Waals surface area (Å²) in [6.07, 6.45) is 4.05. The monoisotopic (exact) mass is 261 g/mol. The number of nitrogens with one attached hydrogen (secondary N) is 1. The van der Waals surface area contributed by atoms with E-state index in [-0.39, 0.29) is 5.56 Å². The molecule has 0 spiro atoms. The number of carbonyl (C=O) groups excluding carboxylic acids is 1. The van der Waals surface area contributed by atoms with Gasteiger partial charge in [-0.3, -0.25) is 9.78 Å². The number of amides is 1. The van der Waals surface area contributed by atoms with E-state index >= 15 is 0 Å². The Hall–Kier alpha value is -2.63. The molecule has 1 aromatic carbocycles. The first kappa shape index (κ1) is 12.8. The zero-order chi connectivity index (χ0) is 13.7. The van der Waals surface area contributed by atoms with Gasteiger partial charge in [0.05, 0.1) is 6.21 Å². The SMILES string of the molecule is O=C(N/N=C/c1ccc(F)cc1F)c1ccncc1. The molecular weight excluding hydrogens is 252 g/mol. The molecule has 0 radical (unpaired) electrons. The number of hydrogen-bond acceptors (Lipinski definition) is 3. The van der Waals surface area contributed by atoms with E-state index in [1.54, 1.807) is 0 Å². The summed E-state index contributed by atoms with van der Waals surface area (Å²) < 4.78 is 25.9. The third-order valence-electron chi connectivity index (χ3n) is 2.27. The van der Waals surface area contributed by atoms with Gasteiger partial charge in [-0.05, 0) is 24.3 Å². The van der Waals surface area contributed by atoms with E-state index < -0.39 is 17.5 Å². The Morgan fingerprint density at radius 1 is 1.21 bits per heavy atom. The number of hydrazone groups is 1. The van der Waals surface area contributed by atoms with Gasteiger partial charge in [0.15, 0.2) is 0 Å². The minimum absolute atomic E-state index is 0.0800. The summed E-state index contributed by atoms with van der Waals surface area (Å²) in [6.45, 7) is 0. The van der Waals surface area contributed by atoms with Crippen LogP contribution in [0.5, 0.6) is 0 Å². The number of halogens is 2. The fourth-order valence-electron chi connectivity index (χ4n) is 1.33. The number of aromatic nitrogens is 1. The van der Waals surface area contributed by atoms with Crippen LogP contribution in [0.15, 0.2) is 47.8 Å². The van der Waals surface area contributed by atoms with Gasteiger partial charge < -0.3 is 0 Å². The maximum absolute atomic E-state index is 13.2. The van der Waals surface area contributed by atoms with Crippen molar-refractivity contribution in [3.05, 3.63) is 65.5 Å². The van der Waals surface area contributed by atoms with Crippen molar-refractivity contribution in [1.82, 2.24) is 10.4 Å². The minimum Gasteiger partial charge on any atom is -0.267 e. The number of benzene rings is 1. The van der Waals surface area contributed by atoms with Crippen molar-refractivity contribution in [2.45, 2.75) is 0 Å². The molecule has 1 heterocycles. The van der Waals surface area contributed by atoms with Crippen molar-refractivity contribution >= 4 is 12.1 Å². The molecule has 4 nitrogen and oxygen atoms in total. The van der Waals surface area contributed by atoms with E-state index in [9.17, 15) is 13.6 Å². The van der Waals surface area contributed by atoms with E-state index in [1.165, 1.54) is 30.6 Å². The van der Waals surface area contributed by atoms with Gasteiger partial charge in [0.1, 0.15) is 11.6 Å². The number of rotatable bonds is 3. The van der Waals surface area contributed by atoms with Crippen LogP contribution < -0.4 is 5.43 Å². The van der Waals surface area contributed by atoms with Crippen molar-refractivity contribution in [3.63, 3.8) is 0 Å². The average Bonchev–Trinajstić information content (AvgIpc) is 2.42. The number of pyridine rings is 1. The fraction of sp³-hybridized carbons (Fsp3) is 0. The lowest BCUT2D eigenvalue weighted by Crippen LogP contribution is -2.17. The van der Waals surface area contributed by atoms with E-state index in [2.05, 4.69) is 15.5 Å². The highest BCUT2D eigenvalue weighted by atomic mass is 19.1. The van der Waals surface area contributed by atoms with Crippen LogP contribution in [0.3, 0.4) is 0 Å². The van der Waals surface area contributed by atoms with Crippen molar-refractivity contribution in [2.24, 2.45) is 5.10 Å². The molecule has 2 aromatic rings. The van der Waals surface area contributed by atoms with Crippen LogP contribution in [0, 0.1) is 11.6 Å². The quantitative estimate of drug-likeness (QED) is 0.679. The zero-order valence-corrected chi connectivity index (χ0v) is 9.68. The molecule has 1 N–H and O–H groups in total. The predicted molar refractivity (Wildman–Crippen MR) is 65.7 cm³/mol. The minimum atomic E-state index is -0.748. The normalized spacial score (nSPS) is 10.6. The van der Waals surface area contributed by atoms with Crippen LogP contribution in [-0.4, -0.2) is 17.1 Å². The fourth-order valence-corrected chi connectivity index (χ4v) is 1.33. The molecule has 19 heavy (non-hydrogen) atoms. The molecule has 0 bridgehead atoms. The number of carbonyl (C=O) groups is 1. The topological polar surface area (TPSA) is 54.4 Å². The molecule has 1 aromatic heterocycles. The van der Waals surface area contributed by atoms with E-state index in [1.807, 2.05) is 0 Å². The predicted octanol–water partition coefficient (Wildman–Crippen LogP) is 2.12. The Kier molecular flexibility index (Phi) is 3.92. The summed E-state index contributed by atoms with van der Waals surface area (Å²) in [5.41, 5.74) is 2.69. The Balaban J connectivity index is 2.02. The van der Waals surface area contributed by atoms with Crippen LogP contribution in [0.4, 0.5) is 8.78 Å². The first-order valence-electron chi connectivity index (χ1n) is 5.35. The van der Waals surface area contributed by atoms with Gasteiger partial charge in [-0.2, -0.15) is 5.10 Å². The second-order valence-electron chi connectivity index (χ2n) is 3.60. The van der Waals surface area contributed by atoms with Crippen LogP contribution >= 0.6 is 0 Å². The maximum atomic E-state index is 13.2. The van der Waals surface area contributed by atoms with Crippen LogP contribution in [0.1, 0.15) is 15.9 Å². The molecule has 0 aliphatic rings. The standard InChI is InChI=1S/C13H9F2N3O/c14-11-2-1-10(12(15)7-11)8-17-18-13(19)9-3-5-16-6-4-9/h1-8H,(H,18,19)/b17-8+. The third-order valence-corrected chi connectivity index (χ3v) is 2.27. The smallest absolute Gasteiger partial charge is 0.267 e. The molecule has 96 valence electrons. The summed E-state index contributed by atoms with van der Waals surface area (Å²) >= 11 is 0. The van der Waals surface area contributed by atoms with Gasteiger partial charge in [-0.1, -0.05) is 0 Å². The second kappa shape index (κ2) is 5.81. The number of nitrogens with zero attached hydrogens (tertiary/aromatic N) is 2. The Morgan fingerprint density at radius 2 is 1.95 bits per heavy atom. The molecule has 2 rings (SSSR count). The van der Waals surface area contributed by atoms with Crippen LogP contribution in [0.25, 0.3) is 0 Å². The zero-order valence-electron chi connectivity index (χ0n) is 9.68. The van der Waals surface area contributed by atoms with Crippen LogP contribution in [-0.2, 0) is 0 Å². The molecule has 0 atom stereocenters. The van der Waals surface area contributed by atoms with Crippen molar-refractivity contribution in [2.75, 3.05) is 0 Å². The van der Waals surface area contributed by atoms with Gasteiger partial charge in [0, 0.05) is 29.6 Å². The van der Waals surface area contributed by atoms with Crippen molar-refractivity contribution in [3.8, 4) is 0 Å². The summed E-state index contributed by atoms with van der Waals surface area (Å²) in [6, 6.07) is 6.11. The Morgan fingerprint density at radius 3 is 2.63 bits per heavy atom. The molecule has 1 amide bonds. The van der Waals surface area contributed by atoms with Gasteiger partial charge in [0.25, 0.3) is 5.91 Å². The van der Waals surface area contributed by atoms with E-state index in [0.717, 1.165) is 18.3 Å². The molecule has 6 heteroatoms. The molecular formula is C13H9F2N3O. The Bertz CT molecular complexity index is 615. The summed E-state index contributed by atoms with van der Waals surface area (Å²) in [4.78, 5) is 15.3. The first-order chi connectivity index (χ1) is 9.16. The van der Waals surface area contributed by atoms with Crippen molar-refractivity contribution in [1.29, 1.82) is 0 Å². The van der Waals surface area contributed by atoms with Gasteiger partial charge in [0.2, 0.25) is 0 Å². The Labute approximate surface area is 107 Å². The maximum Gasteiger partial charge on any atom is 0.271 e.